The molecule has 0 radical (unpaired) electrons. The van der Waals surface area contributed by atoms with Gasteiger partial charge in [-0.2, -0.15) is 13.2 Å². The lowest BCUT2D eigenvalue weighted by molar-refractivity contribution is -0.200. The van der Waals surface area contributed by atoms with E-state index < -0.39 is 18.0 Å². The van der Waals surface area contributed by atoms with Crippen LogP contribution in [-0.2, 0) is 4.79 Å². The number of hydrogen-bond acceptors (Lipinski definition) is 2. The quantitative estimate of drug-likeness (QED) is 0.808. The van der Waals surface area contributed by atoms with Gasteiger partial charge in [-0.3, -0.25) is 4.79 Å². The highest BCUT2D eigenvalue weighted by atomic mass is 35.5. The maximum absolute atomic E-state index is 12.9. The zero-order valence-electron chi connectivity index (χ0n) is 10.7. The van der Waals surface area contributed by atoms with Crippen LogP contribution in [0.2, 0.25) is 0 Å². The van der Waals surface area contributed by atoms with Crippen LogP contribution in [0.1, 0.15) is 32.1 Å². The highest BCUT2D eigenvalue weighted by Crippen LogP contribution is 2.42. The highest BCUT2D eigenvalue weighted by molar-refractivity contribution is 5.85. The van der Waals surface area contributed by atoms with Gasteiger partial charge in [-0.25, -0.2) is 0 Å². The SMILES string of the molecule is Cl.N[C@@H]1CCN(C(=O)C2CCCCC2C(F)(F)F)C1. The van der Waals surface area contributed by atoms with E-state index in [1.54, 1.807) is 0 Å². The van der Waals surface area contributed by atoms with Gasteiger partial charge in [0.1, 0.15) is 0 Å². The molecule has 0 aromatic rings. The van der Waals surface area contributed by atoms with E-state index in [0.29, 0.717) is 38.8 Å². The predicted molar refractivity (Wildman–Crippen MR) is 67.9 cm³/mol. The van der Waals surface area contributed by atoms with Gasteiger partial charge in [0.25, 0.3) is 0 Å². The minimum Gasteiger partial charge on any atom is -0.341 e. The van der Waals surface area contributed by atoms with E-state index in [0.717, 1.165) is 0 Å². The van der Waals surface area contributed by atoms with Gasteiger partial charge < -0.3 is 10.6 Å². The summed E-state index contributed by atoms with van der Waals surface area (Å²) in [4.78, 5) is 13.7. The molecule has 1 heterocycles. The fourth-order valence-electron chi connectivity index (χ4n) is 3.04. The minimum atomic E-state index is -4.26. The van der Waals surface area contributed by atoms with Crippen molar-refractivity contribution in [2.75, 3.05) is 13.1 Å². The molecule has 0 aromatic heterocycles. The van der Waals surface area contributed by atoms with Gasteiger partial charge in [0.05, 0.1) is 5.92 Å². The van der Waals surface area contributed by atoms with Crippen molar-refractivity contribution in [2.45, 2.75) is 44.3 Å². The van der Waals surface area contributed by atoms with Crippen molar-refractivity contribution in [3.63, 3.8) is 0 Å². The van der Waals surface area contributed by atoms with Gasteiger partial charge >= 0.3 is 6.18 Å². The molecule has 1 aliphatic heterocycles. The fraction of sp³-hybridized carbons (Fsp3) is 0.917. The van der Waals surface area contributed by atoms with Crippen LogP contribution < -0.4 is 5.73 Å². The molecule has 3 atom stereocenters. The fourth-order valence-corrected chi connectivity index (χ4v) is 3.04. The van der Waals surface area contributed by atoms with Crippen LogP contribution in [0, 0.1) is 11.8 Å². The van der Waals surface area contributed by atoms with Crippen molar-refractivity contribution >= 4 is 18.3 Å². The average molecular weight is 301 g/mol. The normalized spacial score (nSPS) is 32.0. The van der Waals surface area contributed by atoms with Crippen molar-refractivity contribution in [3.8, 4) is 0 Å². The van der Waals surface area contributed by atoms with Crippen LogP contribution in [0.3, 0.4) is 0 Å². The number of alkyl halides is 3. The van der Waals surface area contributed by atoms with Gasteiger partial charge in [-0.05, 0) is 19.3 Å². The lowest BCUT2D eigenvalue weighted by Gasteiger charge is -2.34. The maximum Gasteiger partial charge on any atom is 0.392 e. The third-order valence-corrected chi connectivity index (χ3v) is 4.04. The average Bonchev–Trinajstić information content (AvgIpc) is 2.74. The Balaban J connectivity index is 0.00000180. The molecule has 19 heavy (non-hydrogen) atoms. The Labute approximate surface area is 117 Å². The summed E-state index contributed by atoms with van der Waals surface area (Å²) in [5, 5.41) is 0. The summed E-state index contributed by atoms with van der Waals surface area (Å²) in [5.41, 5.74) is 5.70. The second kappa shape index (κ2) is 6.31. The van der Waals surface area contributed by atoms with Gasteiger partial charge in [0.2, 0.25) is 5.91 Å². The Hall–Kier alpha value is -0.490. The van der Waals surface area contributed by atoms with Crippen molar-refractivity contribution in [1.82, 2.24) is 4.90 Å². The summed E-state index contributed by atoms with van der Waals surface area (Å²) >= 11 is 0. The Kier molecular flexibility index (Phi) is 5.50. The molecule has 1 amide bonds. The number of hydrogen-bond donors (Lipinski definition) is 1. The van der Waals surface area contributed by atoms with Crippen molar-refractivity contribution in [1.29, 1.82) is 0 Å². The smallest absolute Gasteiger partial charge is 0.341 e. The molecule has 1 saturated carbocycles. The summed E-state index contributed by atoms with van der Waals surface area (Å²) in [6, 6.07) is -0.0816. The molecule has 1 aliphatic carbocycles. The standard InChI is InChI=1S/C12H19F3N2O.ClH/c13-12(14,15)10-4-2-1-3-9(10)11(18)17-6-5-8(16)7-17;/h8-10H,1-7,16H2;1H/t8-,9?,10?;/m1./s1. The summed E-state index contributed by atoms with van der Waals surface area (Å²) in [7, 11) is 0. The molecule has 0 bridgehead atoms. The summed E-state index contributed by atoms with van der Waals surface area (Å²) in [6.07, 6.45) is -1.86. The number of rotatable bonds is 1. The predicted octanol–water partition coefficient (Wildman–Crippen LogP) is 2.34. The first-order valence-corrected chi connectivity index (χ1v) is 6.50. The zero-order chi connectivity index (χ0) is 13.3. The molecule has 3 nitrogen and oxygen atoms in total. The first-order chi connectivity index (χ1) is 8.39. The van der Waals surface area contributed by atoms with Crippen LogP contribution in [0.15, 0.2) is 0 Å². The highest BCUT2D eigenvalue weighted by Gasteiger charge is 2.49. The molecule has 0 aromatic carbocycles. The largest absolute Gasteiger partial charge is 0.392 e. The van der Waals surface area contributed by atoms with Gasteiger partial charge in [0.15, 0.2) is 0 Å². The first kappa shape index (κ1) is 16.6. The molecule has 0 spiro atoms. The molecule has 2 aliphatic rings. The molecule has 1 saturated heterocycles. The molecule has 2 N–H and O–H groups in total. The van der Waals surface area contributed by atoms with Crippen molar-refractivity contribution in [3.05, 3.63) is 0 Å². The number of carbonyl (C=O) groups excluding carboxylic acids is 1. The number of nitrogens with zero attached hydrogens (tertiary/aromatic N) is 1. The molecular weight excluding hydrogens is 281 g/mol. The Morgan fingerprint density at radius 2 is 1.79 bits per heavy atom. The minimum absolute atomic E-state index is 0. The molecule has 7 heteroatoms. The molecule has 2 unspecified atom stereocenters. The van der Waals surface area contributed by atoms with Crippen molar-refractivity contribution < 1.29 is 18.0 Å². The number of carbonyl (C=O) groups is 1. The number of halogens is 4. The molecule has 112 valence electrons. The second-order valence-corrected chi connectivity index (χ2v) is 5.37. The third kappa shape index (κ3) is 3.75. The van der Waals surface area contributed by atoms with Crippen LogP contribution in [0.25, 0.3) is 0 Å². The Morgan fingerprint density at radius 1 is 1.16 bits per heavy atom. The Morgan fingerprint density at radius 3 is 2.32 bits per heavy atom. The van der Waals surface area contributed by atoms with E-state index in [-0.39, 0.29) is 30.8 Å². The van der Waals surface area contributed by atoms with Crippen LogP contribution in [0.4, 0.5) is 13.2 Å². The molecular formula is C12H20ClF3N2O. The summed E-state index contributed by atoms with van der Waals surface area (Å²) < 4.78 is 38.8. The van der Waals surface area contributed by atoms with Gasteiger partial charge in [0, 0.05) is 25.0 Å². The maximum atomic E-state index is 12.9. The third-order valence-electron chi connectivity index (χ3n) is 4.04. The van der Waals surface area contributed by atoms with Crippen molar-refractivity contribution in [2.24, 2.45) is 17.6 Å². The zero-order valence-corrected chi connectivity index (χ0v) is 11.5. The topological polar surface area (TPSA) is 46.3 Å². The van der Waals surface area contributed by atoms with Crippen LogP contribution in [-0.4, -0.2) is 36.1 Å². The van der Waals surface area contributed by atoms with E-state index in [9.17, 15) is 18.0 Å². The summed E-state index contributed by atoms with van der Waals surface area (Å²) in [5.74, 6) is -2.69. The monoisotopic (exact) mass is 300 g/mol. The van der Waals surface area contributed by atoms with E-state index in [1.165, 1.54) is 4.90 Å². The van der Waals surface area contributed by atoms with E-state index in [1.807, 2.05) is 0 Å². The van der Waals surface area contributed by atoms with Gasteiger partial charge in [-0.1, -0.05) is 12.8 Å². The number of nitrogens with two attached hydrogens (primary N) is 1. The van der Waals surface area contributed by atoms with Crippen LogP contribution >= 0.6 is 12.4 Å². The number of amides is 1. The van der Waals surface area contributed by atoms with E-state index >= 15 is 0 Å². The summed E-state index contributed by atoms with van der Waals surface area (Å²) in [6.45, 7) is 0.904. The Bertz CT molecular complexity index is 325. The first-order valence-electron chi connectivity index (χ1n) is 6.50. The lowest BCUT2D eigenvalue weighted by atomic mass is 9.78. The number of likely N-dealkylation sites (tertiary alicyclic amines) is 1. The van der Waals surface area contributed by atoms with E-state index in [2.05, 4.69) is 0 Å². The molecule has 2 rings (SSSR count). The van der Waals surface area contributed by atoms with Crippen LogP contribution in [0.5, 0.6) is 0 Å². The van der Waals surface area contributed by atoms with Gasteiger partial charge in [-0.15, -0.1) is 12.4 Å². The molecule has 2 fully saturated rings. The van der Waals surface area contributed by atoms with E-state index in [4.69, 9.17) is 5.73 Å². The lowest BCUT2D eigenvalue weighted by Crippen LogP contribution is -2.44. The second-order valence-electron chi connectivity index (χ2n) is 5.37.